The van der Waals surface area contributed by atoms with Gasteiger partial charge in [0.15, 0.2) is 0 Å². The Hall–Kier alpha value is -2.75. The number of nitrogens with zero attached hydrogens (tertiary/aromatic N) is 3. The topological polar surface area (TPSA) is 46.1 Å². The average Bonchev–Trinajstić information content (AvgIpc) is 2.61. The van der Waals surface area contributed by atoms with E-state index in [2.05, 4.69) is 48.1 Å². The van der Waals surface area contributed by atoms with Crippen molar-refractivity contribution >= 4 is 16.8 Å². The van der Waals surface area contributed by atoms with Gasteiger partial charge in [-0.2, -0.15) is 0 Å². The van der Waals surface area contributed by atoms with Crippen LogP contribution in [0.1, 0.15) is 41.3 Å². The number of rotatable bonds is 4. The summed E-state index contributed by atoms with van der Waals surface area (Å²) in [5.74, 6) is 0.469. The van der Waals surface area contributed by atoms with Gasteiger partial charge in [-0.15, -0.1) is 0 Å². The number of hydrogen-bond acceptors (Lipinski definition) is 3. The first kappa shape index (κ1) is 16.1. The molecule has 2 heterocycles. The van der Waals surface area contributed by atoms with Gasteiger partial charge in [0, 0.05) is 37.6 Å². The molecule has 4 heteroatoms. The largest absolute Gasteiger partial charge is 0.337 e. The molecule has 0 bridgehead atoms. The lowest BCUT2D eigenvalue weighted by molar-refractivity contribution is 0.0785. The molecule has 24 heavy (non-hydrogen) atoms. The number of carbonyl (C=O) groups is 1. The quantitative estimate of drug-likeness (QED) is 0.729. The minimum absolute atomic E-state index is 0.0406. The number of pyridine rings is 2. The highest BCUT2D eigenvalue weighted by molar-refractivity contribution is 5.96. The van der Waals surface area contributed by atoms with Crippen LogP contribution in [-0.2, 0) is 6.54 Å². The van der Waals surface area contributed by atoms with E-state index in [9.17, 15) is 4.79 Å². The first-order chi connectivity index (χ1) is 11.5. The highest BCUT2D eigenvalue weighted by atomic mass is 16.2. The molecule has 2 aromatic heterocycles. The van der Waals surface area contributed by atoms with Gasteiger partial charge in [0.2, 0.25) is 0 Å². The van der Waals surface area contributed by atoms with Crippen molar-refractivity contribution in [1.82, 2.24) is 14.9 Å². The van der Waals surface area contributed by atoms with Crippen molar-refractivity contribution < 1.29 is 4.79 Å². The van der Waals surface area contributed by atoms with Crippen LogP contribution in [0.4, 0.5) is 0 Å². The van der Waals surface area contributed by atoms with Crippen molar-refractivity contribution in [1.29, 1.82) is 0 Å². The van der Waals surface area contributed by atoms with Crippen LogP contribution < -0.4 is 0 Å². The Labute approximate surface area is 142 Å². The Morgan fingerprint density at radius 1 is 1.12 bits per heavy atom. The molecule has 122 valence electrons. The zero-order chi connectivity index (χ0) is 17.1. The number of fused-ring (bicyclic) bond motifs is 1. The molecule has 0 aliphatic carbocycles. The third-order valence-electron chi connectivity index (χ3n) is 4.14. The van der Waals surface area contributed by atoms with Crippen LogP contribution in [0.2, 0.25) is 0 Å². The van der Waals surface area contributed by atoms with Crippen LogP contribution in [0.3, 0.4) is 0 Å². The summed E-state index contributed by atoms with van der Waals surface area (Å²) in [5, 5.41) is 0.873. The van der Waals surface area contributed by atoms with E-state index in [1.807, 2.05) is 19.2 Å². The van der Waals surface area contributed by atoms with Gasteiger partial charge in [-0.1, -0.05) is 38.1 Å². The zero-order valence-electron chi connectivity index (χ0n) is 14.2. The molecule has 0 N–H and O–H groups in total. The molecule has 0 fully saturated rings. The van der Waals surface area contributed by atoms with Gasteiger partial charge in [0.1, 0.15) is 0 Å². The fourth-order valence-electron chi connectivity index (χ4n) is 2.66. The summed E-state index contributed by atoms with van der Waals surface area (Å²) in [6.07, 6.45) is 5.05. The van der Waals surface area contributed by atoms with E-state index in [-0.39, 0.29) is 5.91 Å². The van der Waals surface area contributed by atoms with E-state index in [0.29, 0.717) is 18.0 Å². The summed E-state index contributed by atoms with van der Waals surface area (Å²) in [6.45, 7) is 4.92. The van der Waals surface area contributed by atoms with Crippen molar-refractivity contribution in [3.63, 3.8) is 0 Å². The minimum Gasteiger partial charge on any atom is -0.337 e. The van der Waals surface area contributed by atoms with Gasteiger partial charge in [0.05, 0.1) is 11.1 Å². The highest BCUT2D eigenvalue weighted by Crippen LogP contribution is 2.17. The molecule has 3 rings (SSSR count). The lowest BCUT2D eigenvalue weighted by Gasteiger charge is -2.18. The molecule has 0 saturated heterocycles. The summed E-state index contributed by atoms with van der Waals surface area (Å²) in [4.78, 5) is 22.8. The fourth-order valence-corrected chi connectivity index (χ4v) is 2.66. The van der Waals surface area contributed by atoms with Crippen LogP contribution in [0.15, 0.2) is 55.0 Å². The van der Waals surface area contributed by atoms with Gasteiger partial charge >= 0.3 is 0 Å². The van der Waals surface area contributed by atoms with Gasteiger partial charge in [-0.05, 0) is 29.2 Å². The molecule has 1 amide bonds. The summed E-state index contributed by atoms with van der Waals surface area (Å²) >= 11 is 0. The van der Waals surface area contributed by atoms with Gasteiger partial charge in [-0.25, -0.2) is 0 Å². The molecule has 0 spiro atoms. The first-order valence-electron chi connectivity index (χ1n) is 8.08. The second kappa shape index (κ2) is 6.79. The number of carbonyl (C=O) groups excluding carboxylic acids is 1. The van der Waals surface area contributed by atoms with Gasteiger partial charge < -0.3 is 4.90 Å². The molecule has 0 saturated carbocycles. The van der Waals surface area contributed by atoms with Crippen molar-refractivity contribution in [3.8, 4) is 0 Å². The van der Waals surface area contributed by atoms with Crippen LogP contribution in [0.5, 0.6) is 0 Å². The maximum absolute atomic E-state index is 12.6. The molecule has 0 atom stereocenters. The average molecular weight is 319 g/mol. The van der Waals surface area contributed by atoms with E-state index in [1.54, 1.807) is 23.5 Å². The monoisotopic (exact) mass is 319 g/mol. The van der Waals surface area contributed by atoms with Crippen LogP contribution in [0.25, 0.3) is 10.9 Å². The number of benzene rings is 1. The second-order valence-electron chi connectivity index (χ2n) is 6.35. The third-order valence-corrected chi connectivity index (χ3v) is 4.14. The zero-order valence-corrected chi connectivity index (χ0v) is 14.2. The SMILES string of the molecule is CC(C)c1ccc(CN(C)C(=O)c2cnc3ccncc3c2)cc1. The molecule has 0 aliphatic heterocycles. The predicted molar refractivity (Wildman–Crippen MR) is 95.9 cm³/mol. The van der Waals surface area contributed by atoms with E-state index in [4.69, 9.17) is 0 Å². The normalized spacial score (nSPS) is 11.0. The molecule has 4 nitrogen and oxygen atoms in total. The van der Waals surface area contributed by atoms with E-state index in [1.165, 1.54) is 5.56 Å². The lowest BCUT2D eigenvalue weighted by Crippen LogP contribution is -2.26. The Morgan fingerprint density at radius 3 is 2.58 bits per heavy atom. The Bertz CT molecular complexity index is 856. The summed E-state index contributed by atoms with van der Waals surface area (Å²) in [7, 11) is 1.81. The Balaban J connectivity index is 1.75. The molecule has 0 aliphatic rings. The highest BCUT2D eigenvalue weighted by Gasteiger charge is 2.13. The Morgan fingerprint density at radius 2 is 1.88 bits per heavy atom. The van der Waals surface area contributed by atoms with Gasteiger partial charge in [0.25, 0.3) is 5.91 Å². The molecular formula is C20H21N3O. The van der Waals surface area contributed by atoms with E-state index in [0.717, 1.165) is 16.5 Å². The predicted octanol–water partition coefficient (Wildman–Crippen LogP) is 4.03. The third kappa shape index (κ3) is 3.43. The van der Waals surface area contributed by atoms with Crippen LogP contribution in [-0.4, -0.2) is 27.8 Å². The number of hydrogen-bond donors (Lipinski definition) is 0. The maximum Gasteiger partial charge on any atom is 0.255 e. The fraction of sp³-hybridized carbons (Fsp3) is 0.250. The Kier molecular flexibility index (Phi) is 4.56. The van der Waals surface area contributed by atoms with Gasteiger partial charge in [-0.3, -0.25) is 14.8 Å². The molecule has 1 aromatic carbocycles. The van der Waals surface area contributed by atoms with Crippen molar-refractivity contribution in [2.45, 2.75) is 26.3 Å². The van der Waals surface area contributed by atoms with Crippen LogP contribution >= 0.6 is 0 Å². The van der Waals surface area contributed by atoms with E-state index >= 15 is 0 Å². The van der Waals surface area contributed by atoms with Crippen LogP contribution in [0, 0.1) is 0 Å². The van der Waals surface area contributed by atoms with Crippen molar-refractivity contribution in [2.75, 3.05) is 7.05 Å². The maximum atomic E-state index is 12.6. The first-order valence-corrected chi connectivity index (χ1v) is 8.08. The summed E-state index contributed by atoms with van der Waals surface area (Å²) in [6, 6.07) is 12.1. The number of amides is 1. The lowest BCUT2D eigenvalue weighted by atomic mass is 10.0. The second-order valence-corrected chi connectivity index (χ2v) is 6.35. The smallest absolute Gasteiger partial charge is 0.255 e. The summed E-state index contributed by atoms with van der Waals surface area (Å²) < 4.78 is 0. The molecule has 0 radical (unpaired) electrons. The summed E-state index contributed by atoms with van der Waals surface area (Å²) in [5.41, 5.74) is 3.84. The molecule has 3 aromatic rings. The number of aromatic nitrogens is 2. The van der Waals surface area contributed by atoms with Crippen molar-refractivity contribution in [3.05, 3.63) is 71.7 Å². The molecule has 0 unspecified atom stereocenters. The van der Waals surface area contributed by atoms with E-state index < -0.39 is 0 Å². The van der Waals surface area contributed by atoms with Crippen molar-refractivity contribution in [2.24, 2.45) is 0 Å². The minimum atomic E-state index is -0.0406. The molecular weight excluding hydrogens is 298 g/mol. The standard InChI is InChI=1S/C20H21N3O/c1-14(2)16-6-4-15(5-7-16)13-23(3)20(24)18-10-17-11-21-9-8-19(17)22-12-18/h4-12,14H,13H2,1-3H3.